The lowest BCUT2D eigenvalue weighted by molar-refractivity contribution is -0.144. The van der Waals surface area contributed by atoms with Crippen molar-refractivity contribution < 1.29 is 9.90 Å². The predicted octanol–water partition coefficient (Wildman–Crippen LogP) is 3.19. The van der Waals surface area contributed by atoms with Crippen molar-refractivity contribution in [1.29, 1.82) is 0 Å². The van der Waals surface area contributed by atoms with Crippen molar-refractivity contribution in [2.24, 2.45) is 5.92 Å². The lowest BCUT2D eigenvalue weighted by Crippen LogP contribution is -2.54. The van der Waals surface area contributed by atoms with Crippen molar-refractivity contribution in [1.82, 2.24) is 5.32 Å². The van der Waals surface area contributed by atoms with Gasteiger partial charge in [-0.25, -0.2) is 0 Å². The molecule has 1 aliphatic rings. The number of carboxylic acids is 1. The lowest BCUT2D eigenvalue weighted by atomic mass is 9.82. The summed E-state index contributed by atoms with van der Waals surface area (Å²) in [7, 11) is 0. The Bertz CT molecular complexity index is 247. The number of carboxylic acid groups (broad SMARTS) is 1. The van der Waals surface area contributed by atoms with E-state index in [4.69, 9.17) is 0 Å². The zero-order valence-corrected chi connectivity index (χ0v) is 11.5. The molecule has 1 atom stereocenters. The SMILES string of the molecule is CCCC1CCC(NC(C)(CC)C(=O)O)CC1. The summed E-state index contributed by atoms with van der Waals surface area (Å²) in [5, 5.41) is 12.6. The molecular formula is C14H27NO2. The smallest absolute Gasteiger partial charge is 0.323 e. The van der Waals surface area contributed by atoms with Crippen LogP contribution in [-0.4, -0.2) is 22.7 Å². The van der Waals surface area contributed by atoms with E-state index in [1.165, 1.54) is 25.7 Å². The second-order valence-electron chi connectivity index (χ2n) is 5.64. The quantitative estimate of drug-likeness (QED) is 0.751. The van der Waals surface area contributed by atoms with E-state index in [1.807, 2.05) is 6.92 Å². The predicted molar refractivity (Wildman–Crippen MR) is 70.1 cm³/mol. The molecule has 0 bridgehead atoms. The van der Waals surface area contributed by atoms with Crippen LogP contribution in [-0.2, 0) is 4.79 Å². The molecule has 17 heavy (non-hydrogen) atoms. The van der Waals surface area contributed by atoms with Gasteiger partial charge in [-0.05, 0) is 44.9 Å². The van der Waals surface area contributed by atoms with Crippen molar-refractivity contribution in [2.45, 2.75) is 77.3 Å². The van der Waals surface area contributed by atoms with Gasteiger partial charge in [0.05, 0.1) is 0 Å². The van der Waals surface area contributed by atoms with E-state index in [2.05, 4.69) is 12.2 Å². The minimum absolute atomic E-state index is 0.393. The second-order valence-corrected chi connectivity index (χ2v) is 5.64. The molecule has 2 N–H and O–H groups in total. The van der Waals surface area contributed by atoms with Gasteiger partial charge < -0.3 is 5.11 Å². The summed E-state index contributed by atoms with van der Waals surface area (Å²) in [6.45, 7) is 5.97. The Morgan fingerprint density at radius 3 is 2.29 bits per heavy atom. The molecule has 1 aliphatic carbocycles. The second kappa shape index (κ2) is 6.39. The van der Waals surface area contributed by atoms with Crippen LogP contribution >= 0.6 is 0 Å². The molecule has 3 nitrogen and oxygen atoms in total. The maximum Gasteiger partial charge on any atom is 0.323 e. The van der Waals surface area contributed by atoms with Crippen LogP contribution in [0.4, 0.5) is 0 Å². The van der Waals surface area contributed by atoms with Gasteiger partial charge in [0, 0.05) is 6.04 Å². The summed E-state index contributed by atoms with van der Waals surface area (Å²) in [6.07, 6.45) is 8.01. The molecule has 1 fully saturated rings. The molecular weight excluding hydrogens is 214 g/mol. The fourth-order valence-corrected chi connectivity index (χ4v) is 2.77. The fraction of sp³-hybridized carbons (Fsp3) is 0.929. The molecule has 0 aromatic carbocycles. The van der Waals surface area contributed by atoms with Gasteiger partial charge in [-0.1, -0.05) is 26.7 Å². The van der Waals surface area contributed by atoms with Crippen molar-refractivity contribution in [2.75, 3.05) is 0 Å². The maximum absolute atomic E-state index is 11.2. The highest BCUT2D eigenvalue weighted by molar-refractivity contribution is 5.78. The van der Waals surface area contributed by atoms with E-state index in [0.717, 1.165) is 18.8 Å². The Balaban J connectivity index is 2.42. The summed E-state index contributed by atoms with van der Waals surface area (Å²) < 4.78 is 0. The van der Waals surface area contributed by atoms with Gasteiger partial charge in [0.1, 0.15) is 5.54 Å². The van der Waals surface area contributed by atoms with Crippen molar-refractivity contribution in [3.05, 3.63) is 0 Å². The molecule has 100 valence electrons. The first-order chi connectivity index (χ1) is 8.01. The standard InChI is InChI=1S/C14H27NO2/c1-4-6-11-7-9-12(10-8-11)15-14(3,5-2)13(16)17/h11-12,15H,4-10H2,1-3H3,(H,16,17). The number of hydrogen-bond acceptors (Lipinski definition) is 2. The largest absolute Gasteiger partial charge is 0.480 e. The van der Waals surface area contributed by atoms with Gasteiger partial charge in [0.25, 0.3) is 0 Å². The van der Waals surface area contributed by atoms with E-state index in [1.54, 1.807) is 6.92 Å². The highest BCUT2D eigenvalue weighted by Gasteiger charge is 2.34. The van der Waals surface area contributed by atoms with Gasteiger partial charge >= 0.3 is 5.97 Å². The molecule has 0 amide bonds. The first-order valence-electron chi connectivity index (χ1n) is 7.03. The Labute approximate surface area is 105 Å². The summed E-state index contributed by atoms with van der Waals surface area (Å²) >= 11 is 0. The molecule has 1 saturated carbocycles. The van der Waals surface area contributed by atoms with Crippen LogP contribution in [0.3, 0.4) is 0 Å². The van der Waals surface area contributed by atoms with Crippen LogP contribution in [0.5, 0.6) is 0 Å². The molecule has 0 radical (unpaired) electrons. The lowest BCUT2D eigenvalue weighted by Gasteiger charge is -2.35. The molecule has 0 spiro atoms. The van der Waals surface area contributed by atoms with Gasteiger partial charge in [-0.3, -0.25) is 10.1 Å². The highest BCUT2D eigenvalue weighted by atomic mass is 16.4. The van der Waals surface area contributed by atoms with Gasteiger partial charge in [0.2, 0.25) is 0 Å². The number of carbonyl (C=O) groups is 1. The third-order valence-corrected chi connectivity index (χ3v) is 4.25. The van der Waals surface area contributed by atoms with E-state index >= 15 is 0 Å². The fourth-order valence-electron chi connectivity index (χ4n) is 2.77. The van der Waals surface area contributed by atoms with Crippen molar-refractivity contribution in [3.63, 3.8) is 0 Å². The van der Waals surface area contributed by atoms with Gasteiger partial charge in [-0.15, -0.1) is 0 Å². The number of aliphatic carboxylic acids is 1. The Kier molecular flexibility index (Phi) is 5.44. The van der Waals surface area contributed by atoms with Crippen LogP contribution in [0.15, 0.2) is 0 Å². The molecule has 0 aliphatic heterocycles. The maximum atomic E-state index is 11.2. The zero-order valence-electron chi connectivity index (χ0n) is 11.5. The van der Waals surface area contributed by atoms with Crippen molar-refractivity contribution in [3.8, 4) is 0 Å². The van der Waals surface area contributed by atoms with Crippen LogP contribution < -0.4 is 5.32 Å². The average Bonchev–Trinajstić information content (AvgIpc) is 2.31. The average molecular weight is 241 g/mol. The van der Waals surface area contributed by atoms with Crippen LogP contribution in [0.25, 0.3) is 0 Å². The molecule has 0 aromatic heterocycles. The molecule has 0 heterocycles. The zero-order chi connectivity index (χ0) is 12.9. The summed E-state index contributed by atoms with van der Waals surface area (Å²) in [5.41, 5.74) is -0.748. The van der Waals surface area contributed by atoms with Gasteiger partial charge in [0.15, 0.2) is 0 Å². The molecule has 0 saturated heterocycles. The summed E-state index contributed by atoms with van der Waals surface area (Å²) in [5.74, 6) is 0.145. The molecule has 3 heteroatoms. The van der Waals surface area contributed by atoms with E-state index in [0.29, 0.717) is 12.5 Å². The van der Waals surface area contributed by atoms with Crippen LogP contribution in [0.2, 0.25) is 0 Å². The summed E-state index contributed by atoms with van der Waals surface area (Å²) in [4.78, 5) is 11.2. The topological polar surface area (TPSA) is 49.3 Å². The highest BCUT2D eigenvalue weighted by Crippen LogP contribution is 2.29. The first-order valence-corrected chi connectivity index (χ1v) is 7.03. The third-order valence-electron chi connectivity index (χ3n) is 4.25. The Hall–Kier alpha value is -0.570. The molecule has 1 rings (SSSR count). The minimum Gasteiger partial charge on any atom is -0.480 e. The van der Waals surface area contributed by atoms with Gasteiger partial charge in [-0.2, -0.15) is 0 Å². The third kappa shape index (κ3) is 3.98. The van der Waals surface area contributed by atoms with E-state index in [-0.39, 0.29) is 0 Å². The van der Waals surface area contributed by atoms with Crippen LogP contribution in [0, 0.1) is 5.92 Å². The Morgan fingerprint density at radius 1 is 1.29 bits per heavy atom. The number of rotatable bonds is 6. The van der Waals surface area contributed by atoms with Crippen LogP contribution in [0.1, 0.15) is 65.7 Å². The summed E-state index contributed by atoms with van der Waals surface area (Å²) in [6, 6.07) is 0.393. The first kappa shape index (κ1) is 14.5. The molecule has 1 unspecified atom stereocenters. The van der Waals surface area contributed by atoms with Crippen molar-refractivity contribution >= 4 is 5.97 Å². The van der Waals surface area contributed by atoms with E-state index < -0.39 is 11.5 Å². The minimum atomic E-state index is -0.748. The van der Waals surface area contributed by atoms with E-state index in [9.17, 15) is 9.90 Å². The monoisotopic (exact) mass is 241 g/mol. The number of nitrogens with one attached hydrogen (secondary N) is 1. The normalized spacial score (nSPS) is 28.6. The number of hydrogen-bond donors (Lipinski definition) is 2. The Morgan fingerprint density at radius 2 is 1.88 bits per heavy atom. The molecule has 0 aromatic rings.